The van der Waals surface area contributed by atoms with Crippen LogP contribution in [0.5, 0.6) is 0 Å². The summed E-state index contributed by atoms with van der Waals surface area (Å²) < 4.78 is 0. The molecule has 1 aliphatic heterocycles. The highest BCUT2D eigenvalue weighted by atomic mass is 16.2. The van der Waals surface area contributed by atoms with Gasteiger partial charge in [0.25, 0.3) is 5.91 Å². The molecule has 0 bridgehead atoms. The number of carbonyl (C=O) groups is 3. The molecule has 2 aromatic carbocycles. The Hall–Kier alpha value is -3.48. The summed E-state index contributed by atoms with van der Waals surface area (Å²) in [5.41, 5.74) is 4.82. The standard InChI is InChI=1S/C28H34N4O3/c1-4-23-22-15-9-11-19(3)25(22)32(17-24(33)20-12-6-5-7-13-20)27(34)26(30-23)31-28(35)29-21-14-8-10-18(2)16-21/h8-11,14-16,20,26H,4-7,12-13,17H2,1-3H3,(H2,29,31,35)/t26-/m1/s1. The van der Waals surface area contributed by atoms with E-state index in [9.17, 15) is 14.4 Å². The highest BCUT2D eigenvalue weighted by Gasteiger charge is 2.35. The van der Waals surface area contributed by atoms with Gasteiger partial charge in [0.05, 0.1) is 12.2 Å². The molecule has 1 saturated carbocycles. The zero-order chi connectivity index (χ0) is 24.9. The molecule has 1 aliphatic carbocycles. The highest BCUT2D eigenvalue weighted by molar-refractivity contribution is 6.15. The van der Waals surface area contributed by atoms with E-state index in [1.54, 1.807) is 11.0 Å². The zero-order valence-electron chi connectivity index (χ0n) is 20.8. The minimum absolute atomic E-state index is 0.00839. The Morgan fingerprint density at radius 3 is 2.51 bits per heavy atom. The highest BCUT2D eigenvalue weighted by Crippen LogP contribution is 2.32. The molecule has 4 rings (SSSR count). The molecule has 7 nitrogen and oxygen atoms in total. The second kappa shape index (κ2) is 10.8. The number of amides is 3. The van der Waals surface area contributed by atoms with E-state index in [4.69, 9.17) is 0 Å². The number of benzodiazepines with no additional fused rings is 1. The summed E-state index contributed by atoms with van der Waals surface area (Å²) in [6, 6.07) is 12.7. The number of urea groups is 1. The average molecular weight is 475 g/mol. The van der Waals surface area contributed by atoms with Gasteiger partial charge in [0, 0.05) is 22.9 Å². The normalized spacial score (nSPS) is 18.4. The first-order valence-electron chi connectivity index (χ1n) is 12.5. The molecule has 2 aliphatic rings. The van der Waals surface area contributed by atoms with Crippen molar-refractivity contribution in [2.75, 3.05) is 16.8 Å². The number of anilines is 2. The third-order valence-corrected chi connectivity index (χ3v) is 6.86. The Bertz CT molecular complexity index is 1150. The quantitative estimate of drug-likeness (QED) is 0.607. The number of nitrogens with zero attached hydrogens (tertiary/aromatic N) is 2. The van der Waals surface area contributed by atoms with Crippen LogP contribution in [0.15, 0.2) is 47.5 Å². The molecule has 3 amide bonds. The summed E-state index contributed by atoms with van der Waals surface area (Å²) in [6.45, 7) is 5.85. The summed E-state index contributed by atoms with van der Waals surface area (Å²) in [5.74, 6) is -0.336. The third kappa shape index (κ3) is 5.61. The Balaban J connectivity index is 1.64. The fourth-order valence-corrected chi connectivity index (χ4v) is 5.04. The number of hydrogen-bond donors (Lipinski definition) is 2. The summed E-state index contributed by atoms with van der Waals surface area (Å²) in [5, 5.41) is 5.52. The van der Waals surface area contributed by atoms with Crippen LogP contribution in [0.4, 0.5) is 16.2 Å². The lowest BCUT2D eigenvalue weighted by molar-refractivity contribution is -0.126. The minimum Gasteiger partial charge on any atom is -0.308 e. The maximum Gasteiger partial charge on any atom is 0.321 e. The van der Waals surface area contributed by atoms with Crippen LogP contribution in [0.3, 0.4) is 0 Å². The monoisotopic (exact) mass is 474 g/mol. The topological polar surface area (TPSA) is 90.9 Å². The van der Waals surface area contributed by atoms with Crippen LogP contribution >= 0.6 is 0 Å². The predicted molar refractivity (Wildman–Crippen MR) is 139 cm³/mol. The average Bonchev–Trinajstić information content (AvgIpc) is 2.95. The second-order valence-electron chi connectivity index (χ2n) is 9.50. The van der Waals surface area contributed by atoms with Crippen molar-refractivity contribution >= 4 is 34.8 Å². The summed E-state index contributed by atoms with van der Waals surface area (Å²) >= 11 is 0. The summed E-state index contributed by atoms with van der Waals surface area (Å²) in [7, 11) is 0. The molecule has 1 atom stereocenters. The third-order valence-electron chi connectivity index (χ3n) is 6.86. The Morgan fingerprint density at radius 1 is 1.06 bits per heavy atom. The Labute approximate surface area is 207 Å². The van der Waals surface area contributed by atoms with Crippen molar-refractivity contribution in [3.63, 3.8) is 0 Å². The van der Waals surface area contributed by atoms with E-state index in [1.807, 2.05) is 57.2 Å². The van der Waals surface area contributed by atoms with Crippen molar-refractivity contribution in [2.45, 2.75) is 65.5 Å². The van der Waals surface area contributed by atoms with Gasteiger partial charge >= 0.3 is 6.03 Å². The first-order valence-corrected chi connectivity index (χ1v) is 12.5. The number of aryl methyl sites for hydroxylation is 2. The van der Waals surface area contributed by atoms with E-state index < -0.39 is 18.1 Å². The van der Waals surface area contributed by atoms with Gasteiger partial charge < -0.3 is 15.5 Å². The number of Topliss-reactive ketones (excluding diaryl/α,β-unsaturated/α-hetero) is 1. The molecule has 0 saturated heterocycles. The van der Waals surface area contributed by atoms with E-state index in [0.29, 0.717) is 17.8 Å². The molecule has 1 fully saturated rings. The lowest BCUT2D eigenvalue weighted by Gasteiger charge is -2.29. The van der Waals surface area contributed by atoms with Gasteiger partial charge in [0.15, 0.2) is 5.78 Å². The molecular formula is C28H34N4O3. The molecule has 0 spiro atoms. The zero-order valence-corrected chi connectivity index (χ0v) is 20.8. The van der Waals surface area contributed by atoms with Crippen molar-refractivity contribution in [1.82, 2.24) is 5.32 Å². The lowest BCUT2D eigenvalue weighted by atomic mass is 9.86. The summed E-state index contributed by atoms with van der Waals surface area (Å²) in [6.07, 6.45) is 4.47. The maximum absolute atomic E-state index is 13.8. The van der Waals surface area contributed by atoms with Crippen LogP contribution in [0, 0.1) is 19.8 Å². The fraction of sp³-hybridized carbons (Fsp3) is 0.429. The molecule has 2 N–H and O–H groups in total. The number of fused-ring (bicyclic) bond motifs is 1. The SMILES string of the molecule is CCC1=N[C@H](NC(=O)Nc2cccc(C)c2)C(=O)N(CC(=O)C2CCCCC2)c2c(C)cccc21. The van der Waals surface area contributed by atoms with Crippen molar-refractivity contribution in [3.8, 4) is 0 Å². The van der Waals surface area contributed by atoms with Gasteiger partial charge in [-0.15, -0.1) is 0 Å². The van der Waals surface area contributed by atoms with Crippen LogP contribution in [-0.4, -0.2) is 36.1 Å². The van der Waals surface area contributed by atoms with E-state index in [-0.39, 0.29) is 18.2 Å². The molecule has 0 radical (unpaired) electrons. The van der Waals surface area contributed by atoms with E-state index in [0.717, 1.165) is 54.5 Å². The van der Waals surface area contributed by atoms with Crippen LogP contribution in [0.1, 0.15) is 62.1 Å². The predicted octanol–water partition coefficient (Wildman–Crippen LogP) is 5.15. The molecule has 35 heavy (non-hydrogen) atoms. The molecule has 0 aromatic heterocycles. The van der Waals surface area contributed by atoms with Gasteiger partial charge in [-0.1, -0.05) is 56.5 Å². The molecular weight excluding hydrogens is 440 g/mol. The molecule has 7 heteroatoms. The molecule has 0 unspecified atom stereocenters. The fourth-order valence-electron chi connectivity index (χ4n) is 5.04. The van der Waals surface area contributed by atoms with Crippen LogP contribution < -0.4 is 15.5 Å². The van der Waals surface area contributed by atoms with Crippen LogP contribution in [0.2, 0.25) is 0 Å². The Morgan fingerprint density at radius 2 is 1.80 bits per heavy atom. The summed E-state index contributed by atoms with van der Waals surface area (Å²) in [4.78, 5) is 46.1. The van der Waals surface area contributed by atoms with Gasteiger partial charge in [-0.05, 0) is 56.4 Å². The van der Waals surface area contributed by atoms with Crippen molar-refractivity contribution in [2.24, 2.45) is 10.9 Å². The van der Waals surface area contributed by atoms with Gasteiger partial charge in [0.1, 0.15) is 0 Å². The number of aliphatic imine (C=N–C) groups is 1. The maximum atomic E-state index is 13.8. The number of hydrogen-bond acceptors (Lipinski definition) is 4. The van der Waals surface area contributed by atoms with Gasteiger partial charge in [-0.3, -0.25) is 14.6 Å². The number of carbonyl (C=O) groups excluding carboxylic acids is 3. The smallest absolute Gasteiger partial charge is 0.308 e. The number of benzene rings is 2. The van der Waals surface area contributed by atoms with Crippen LogP contribution in [-0.2, 0) is 9.59 Å². The van der Waals surface area contributed by atoms with E-state index in [2.05, 4.69) is 15.6 Å². The molecule has 184 valence electrons. The Kier molecular flexibility index (Phi) is 7.63. The molecule has 2 aromatic rings. The van der Waals surface area contributed by atoms with Crippen molar-refractivity contribution < 1.29 is 14.4 Å². The van der Waals surface area contributed by atoms with E-state index >= 15 is 0 Å². The van der Waals surface area contributed by atoms with E-state index in [1.165, 1.54) is 0 Å². The number of ketones is 1. The first kappa shape index (κ1) is 24.6. The molecule has 1 heterocycles. The number of para-hydroxylation sites is 1. The van der Waals surface area contributed by atoms with Crippen molar-refractivity contribution in [3.05, 3.63) is 59.2 Å². The van der Waals surface area contributed by atoms with Gasteiger partial charge in [-0.2, -0.15) is 0 Å². The van der Waals surface area contributed by atoms with Gasteiger partial charge in [0.2, 0.25) is 6.17 Å². The largest absolute Gasteiger partial charge is 0.321 e. The van der Waals surface area contributed by atoms with Crippen LogP contribution in [0.25, 0.3) is 0 Å². The lowest BCUT2D eigenvalue weighted by Crippen LogP contribution is -2.50. The van der Waals surface area contributed by atoms with Crippen molar-refractivity contribution in [1.29, 1.82) is 0 Å². The number of nitrogens with one attached hydrogen (secondary N) is 2. The minimum atomic E-state index is -1.12. The first-order chi connectivity index (χ1) is 16.9. The number of rotatable bonds is 6. The second-order valence-corrected chi connectivity index (χ2v) is 9.50. The van der Waals surface area contributed by atoms with Gasteiger partial charge in [-0.25, -0.2) is 4.79 Å².